The van der Waals surface area contributed by atoms with Gasteiger partial charge < -0.3 is 19.4 Å². The second-order valence-corrected chi connectivity index (χ2v) is 6.62. The van der Waals surface area contributed by atoms with Gasteiger partial charge >= 0.3 is 0 Å². The quantitative estimate of drug-likeness (QED) is 0.784. The minimum atomic E-state index is -0.398. The number of para-hydroxylation sites is 1. The molecule has 5 nitrogen and oxygen atoms in total. The highest BCUT2D eigenvalue weighted by Gasteiger charge is 2.27. The van der Waals surface area contributed by atoms with Gasteiger partial charge in [0, 0.05) is 36.8 Å². The van der Waals surface area contributed by atoms with Crippen molar-refractivity contribution in [3.63, 3.8) is 0 Å². The molecule has 1 aliphatic rings. The fraction of sp³-hybridized carbons (Fsp3) is 0.550. The molecule has 25 heavy (non-hydrogen) atoms. The van der Waals surface area contributed by atoms with Crippen LogP contribution in [0.1, 0.15) is 38.3 Å². The number of likely N-dealkylation sites (tertiary alicyclic amines) is 1. The highest BCUT2D eigenvalue weighted by atomic mass is 16.5. The Morgan fingerprint density at radius 2 is 2.04 bits per heavy atom. The zero-order chi connectivity index (χ0) is 17.6. The summed E-state index contributed by atoms with van der Waals surface area (Å²) in [7, 11) is 0. The lowest BCUT2D eigenvalue weighted by atomic mass is 9.93. The van der Waals surface area contributed by atoms with Crippen molar-refractivity contribution in [3.05, 3.63) is 36.0 Å². The lowest BCUT2D eigenvalue weighted by molar-refractivity contribution is -0.144. The van der Waals surface area contributed by atoms with E-state index in [4.69, 9.17) is 9.47 Å². The molecule has 5 heteroatoms. The van der Waals surface area contributed by atoms with Gasteiger partial charge in [0.2, 0.25) is 0 Å². The molecule has 0 bridgehead atoms. The van der Waals surface area contributed by atoms with E-state index in [-0.39, 0.29) is 5.91 Å². The molecule has 136 valence electrons. The van der Waals surface area contributed by atoms with Crippen LogP contribution in [0.5, 0.6) is 0 Å². The summed E-state index contributed by atoms with van der Waals surface area (Å²) < 4.78 is 10.8. The van der Waals surface area contributed by atoms with Gasteiger partial charge in [-0.3, -0.25) is 4.79 Å². The summed E-state index contributed by atoms with van der Waals surface area (Å²) in [6, 6.07) is 10.6. The van der Waals surface area contributed by atoms with Gasteiger partial charge in [-0.1, -0.05) is 18.2 Å². The van der Waals surface area contributed by atoms with Crippen LogP contribution in [-0.2, 0) is 14.3 Å². The summed E-state index contributed by atoms with van der Waals surface area (Å²) in [4.78, 5) is 18.0. The van der Waals surface area contributed by atoms with Gasteiger partial charge in [-0.15, -0.1) is 0 Å². The van der Waals surface area contributed by atoms with Crippen LogP contribution in [-0.4, -0.2) is 54.8 Å². The predicted octanol–water partition coefficient (Wildman–Crippen LogP) is 3.32. The number of carbonyl (C=O) groups is 1. The summed E-state index contributed by atoms with van der Waals surface area (Å²) in [6.45, 7) is 7.04. The summed E-state index contributed by atoms with van der Waals surface area (Å²) in [5.41, 5.74) is 2.47. The Bertz CT molecular complexity index is 656. The van der Waals surface area contributed by atoms with Gasteiger partial charge in [0.15, 0.2) is 0 Å². The molecule has 1 aromatic heterocycles. The number of rotatable bonds is 7. The zero-order valence-corrected chi connectivity index (χ0v) is 15.2. The number of fused-ring (bicyclic) bond motifs is 1. The molecule has 0 unspecified atom stereocenters. The molecule has 1 aromatic carbocycles. The first-order valence-electron chi connectivity index (χ1n) is 9.24. The van der Waals surface area contributed by atoms with E-state index in [1.807, 2.05) is 18.7 Å². The molecule has 1 amide bonds. The molecule has 2 aromatic rings. The van der Waals surface area contributed by atoms with Crippen LogP contribution in [0.25, 0.3) is 10.9 Å². The highest BCUT2D eigenvalue weighted by Crippen LogP contribution is 2.30. The number of ether oxygens (including phenoxy) is 2. The maximum absolute atomic E-state index is 12.5. The first-order valence-corrected chi connectivity index (χ1v) is 9.24. The van der Waals surface area contributed by atoms with Crippen molar-refractivity contribution in [2.45, 2.75) is 38.7 Å². The van der Waals surface area contributed by atoms with E-state index < -0.39 is 6.10 Å². The fourth-order valence-electron chi connectivity index (χ4n) is 3.48. The Morgan fingerprint density at radius 1 is 1.28 bits per heavy atom. The van der Waals surface area contributed by atoms with Crippen LogP contribution in [0.2, 0.25) is 0 Å². The maximum Gasteiger partial charge on any atom is 0.251 e. The second-order valence-electron chi connectivity index (χ2n) is 6.62. The van der Waals surface area contributed by atoms with Gasteiger partial charge in [-0.05, 0) is 44.2 Å². The van der Waals surface area contributed by atoms with Crippen molar-refractivity contribution in [1.82, 2.24) is 9.88 Å². The van der Waals surface area contributed by atoms with E-state index >= 15 is 0 Å². The number of aromatic amines is 1. The number of piperidine rings is 1. The fourth-order valence-corrected chi connectivity index (χ4v) is 3.48. The molecule has 1 atom stereocenters. The van der Waals surface area contributed by atoms with Crippen LogP contribution < -0.4 is 0 Å². The molecular formula is C20H28N2O3. The van der Waals surface area contributed by atoms with E-state index in [2.05, 4.69) is 35.3 Å². The first kappa shape index (κ1) is 18.0. The number of nitrogens with one attached hydrogen (secondary N) is 1. The Hall–Kier alpha value is -1.85. The lowest BCUT2D eigenvalue weighted by Crippen LogP contribution is -2.43. The number of H-pyrrole nitrogens is 1. The first-order chi connectivity index (χ1) is 12.2. The number of nitrogens with zero attached hydrogens (tertiary/aromatic N) is 1. The van der Waals surface area contributed by atoms with Crippen LogP contribution in [0, 0.1) is 0 Å². The Kier molecular flexibility index (Phi) is 6.10. The molecule has 2 heterocycles. The minimum Gasteiger partial charge on any atom is -0.379 e. The number of hydrogen-bond acceptors (Lipinski definition) is 3. The SMILES string of the molecule is CCOCCO[C@H](C)C(=O)N1CCC(c2cc3ccccc3[nH]2)CC1. The van der Waals surface area contributed by atoms with Gasteiger partial charge in [0.05, 0.1) is 13.2 Å². The number of benzene rings is 1. The van der Waals surface area contributed by atoms with E-state index in [9.17, 15) is 4.79 Å². The second kappa shape index (κ2) is 8.50. The molecule has 1 saturated heterocycles. The normalized spacial score (nSPS) is 17.1. The molecule has 0 saturated carbocycles. The summed E-state index contributed by atoms with van der Waals surface area (Å²) >= 11 is 0. The van der Waals surface area contributed by atoms with E-state index in [0.717, 1.165) is 25.9 Å². The molecule has 1 aliphatic heterocycles. The van der Waals surface area contributed by atoms with Gasteiger partial charge in [-0.2, -0.15) is 0 Å². The summed E-state index contributed by atoms with van der Waals surface area (Å²) in [5.74, 6) is 0.581. The number of hydrogen-bond donors (Lipinski definition) is 1. The molecule has 0 spiro atoms. The number of aromatic nitrogens is 1. The third-order valence-corrected chi connectivity index (χ3v) is 4.94. The van der Waals surface area contributed by atoms with Crippen molar-refractivity contribution in [1.29, 1.82) is 0 Å². The van der Waals surface area contributed by atoms with Crippen LogP contribution >= 0.6 is 0 Å². The van der Waals surface area contributed by atoms with Gasteiger partial charge in [0.1, 0.15) is 6.10 Å². The van der Waals surface area contributed by atoms with Crippen molar-refractivity contribution < 1.29 is 14.3 Å². The van der Waals surface area contributed by atoms with Gasteiger partial charge in [0.25, 0.3) is 5.91 Å². The molecule has 1 N–H and O–H groups in total. The van der Waals surface area contributed by atoms with Crippen molar-refractivity contribution >= 4 is 16.8 Å². The number of amides is 1. The monoisotopic (exact) mass is 344 g/mol. The molecule has 0 aliphatic carbocycles. The summed E-state index contributed by atoms with van der Waals surface area (Å²) in [5, 5.41) is 1.26. The third-order valence-electron chi connectivity index (χ3n) is 4.94. The van der Waals surface area contributed by atoms with Crippen LogP contribution in [0.15, 0.2) is 30.3 Å². The maximum atomic E-state index is 12.5. The highest BCUT2D eigenvalue weighted by molar-refractivity contribution is 5.81. The standard InChI is InChI=1S/C20H28N2O3/c1-3-24-12-13-25-15(2)20(23)22-10-8-16(9-11-22)19-14-17-6-4-5-7-18(17)21-19/h4-7,14-16,21H,3,8-13H2,1-2H3/t15-/m1/s1. The van der Waals surface area contributed by atoms with Crippen LogP contribution in [0.4, 0.5) is 0 Å². The van der Waals surface area contributed by atoms with Crippen molar-refractivity contribution in [2.75, 3.05) is 32.9 Å². The molecule has 0 radical (unpaired) electrons. The minimum absolute atomic E-state index is 0.0894. The Balaban J connectivity index is 1.50. The zero-order valence-electron chi connectivity index (χ0n) is 15.2. The molecule has 3 rings (SSSR count). The van der Waals surface area contributed by atoms with E-state index in [0.29, 0.717) is 25.7 Å². The lowest BCUT2D eigenvalue weighted by Gasteiger charge is -2.33. The van der Waals surface area contributed by atoms with Crippen molar-refractivity contribution in [2.24, 2.45) is 0 Å². The van der Waals surface area contributed by atoms with E-state index in [1.165, 1.54) is 16.6 Å². The Morgan fingerprint density at radius 3 is 2.76 bits per heavy atom. The van der Waals surface area contributed by atoms with Crippen molar-refractivity contribution in [3.8, 4) is 0 Å². The Labute approximate surface area is 149 Å². The predicted molar refractivity (Wildman–Crippen MR) is 98.8 cm³/mol. The third kappa shape index (κ3) is 4.41. The molecule has 1 fully saturated rings. The largest absolute Gasteiger partial charge is 0.379 e. The van der Waals surface area contributed by atoms with E-state index in [1.54, 1.807) is 0 Å². The van der Waals surface area contributed by atoms with Gasteiger partial charge in [-0.25, -0.2) is 0 Å². The smallest absolute Gasteiger partial charge is 0.251 e. The topological polar surface area (TPSA) is 54.6 Å². The average Bonchev–Trinajstić information content (AvgIpc) is 3.09. The summed E-state index contributed by atoms with van der Waals surface area (Å²) in [6.07, 6.45) is 1.58. The average molecular weight is 344 g/mol. The van der Waals surface area contributed by atoms with Crippen LogP contribution in [0.3, 0.4) is 0 Å². The number of carbonyl (C=O) groups excluding carboxylic acids is 1. The molecular weight excluding hydrogens is 316 g/mol.